The van der Waals surface area contributed by atoms with Crippen LogP contribution in [0, 0.1) is 0 Å². The van der Waals surface area contributed by atoms with Gasteiger partial charge in [0, 0.05) is 28.7 Å². The van der Waals surface area contributed by atoms with E-state index in [1.165, 1.54) is 11.3 Å². The molecule has 0 aliphatic carbocycles. The van der Waals surface area contributed by atoms with E-state index in [1.807, 2.05) is 24.3 Å². The van der Waals surface area contributed by atoms with Gasteiger partial charge in [-0.3, -0.25) is 4.40 Å². The number of benzene rings is 2. The summed E-state index contributed by atoms with van der Waals surface area (Å²) in [6.45, 7) is 1.71. The second-order valence-corrected chi connectivity index (χ2v) is 7.19. The molecule has 0 fully saturated rings. The summed E-state index contributed by atoms with van der Waals surface area (Å²) in [5.41, 5.74) is 4.66. The Morgan fingerprint density at radius 1 is 1.04 bits per heavy atom. The lowest BCUT2D eigenvalue weighted by molar-refractivity contribution is 0.673. The standard InChI is InChI=1S/C20H18ClN3S/c21-17-8-6-16(7-9-17)19-18(24-12-13-25-20(24)23-19)14-22-11-10-15-4-2-1-3-5-15/h1-9,12-13,22H,10-11,14H2. The van der Waals surface area contributed by atoms with Crippen molar-refractivity contribution in [2.45, 2.75) is 13.0 Å². The molecule has 0 atom stereocenters. The summed E-state index contributed by atoms with van der Waals surface area (Å²) in [5.74, 6) is 0. The molecule has 0 radical (unpaired) electrons. The van der Waals surface area contributed by atoms with Crippen molar-refractivity contribution in [3.05, 3.63) is 82.5 Å². The molecule has 2 aromatic heterocycles. The number of hydrogen-bond acceptors (Lipinski definition) is 3. The molecule has 0 bridgehead atoms. The largest absolute Gasteiger partial charge is 0.311 e. The second-order valence-electron chi connectivity index (χ2n) is 5.88. The highest BCUT2D eigenvalue weighted by Crippen LogP contribution is 2.27. The highest BCUT2D eigenvalue weighted by Gasteiger charge is 2.14. The molecule has 0 spiro atoms. The predicted molar refractivity (Wildman–Crippen MR) is 105 cm³/mol. The van der Waals surface area contributed by atoms with Gasteiger partial charge in [0.05, 0.1) is 11.4 Å². The third kappa shape index (κ3) is 3.61. The first-order chi connectivity index (χ1) is 12.3. The minimum atomic E-state index is 0.743. The molecule has 2 heterocycles. The Balaban J connectivity index is 1.52. The molecule has 1 N–H and O–H groups in total. The van der Waals surface area contributed by atoms with E-state index in [9.17, 15) is 0 Å². The molecule has 0 aliphatic heterocycles. The molecule has 126 valence electrons. The molecule has 0 unspecified atom stereocenters. The van der Waals surface area contributed by atoms with Gasteiger partial charge >= 0.3 is 0 Å². The molecular weight excluding hydrogens is 350 g/mol. The van der Waals surface area contributed by atoms with Crippen LogP contribution in [0.5, 0.6) is 0 Å². The average Bonchev–Trinajstić information content (AvgIpc) is 3.22. The highest BCUT2D eigenvalue weighted by atomic mass is 35.5. The fourth-order valence-corrected chi connectivity index (χ4v) is 3.78. The SMILES string of the molecule is Clc1ccc(-c2nc3sccn3c2CNCCc2ccccc2)cc1. The van der Waals surface area contributed by atoms with Crippen molar-refractivity contribution in [1.29, 1.82) is 0 Å². The van der Waals surface area contributed by atoms with Crippen molar-refractivity contribution in [2.24, 2.45) is 0 Å². The molecule has 0 saturated carbocycles. The lowest BCUT2D eigenvalue weighted by Gasteiger charge is -2.07. The van der Waals surface area contributed by atoms with E-state index in [1.54, 1.807) is 11.3 Å². The van der Waals surface area contributed by atoms with Crippen LogP contribution in [-0.2, 0) is 13.0 Å². The van der Waals surface area contributed by atoms with Crippen LogP contribution >= 0.6 is 22.9 Å². The summed E-state index contributed by atoms with van der Waals surface area (Å²) < 4.78 is 2.17. The lowest BCUT2D eigenvalue weighted by atomic mass is 10.1. The molecule has 0 aliphatic rings. The van der Waals surface area contributed by atoms with E-state index in [2.05, 4.69) is 51.6 Å². The first-order valence-corrected chi connectivity index (χ1v) is 9.52. The number of fused-ring (bicyclic) bond motifs is 1. The number of aromatic nitrogens is 2. The van der Waals surface area contributed by atoms with Gasteiger partial charge in [0.1, 0.15) is 0 Å². The van der Waals surface area contributed by atoms with Gasteiger partial charge in [0.25, 0.3) is 0 Å². The Hall–Kier alpha value is -2.14. The third-order valence-electron chi connectivity index (χ3n) is 4.20. The smallest absolute Gasteiger partial charge is 0.194 e. The second kappa shape index (κ2) is 7.40. The maximum absolute atomic E-state index is 6.02. The van der Waals surface area contributed by atoms with Crippen LogP contribution in [0.4, 0.5) is 0 Å². The van der Waals surface area contributed by atoms with Crippen LogP contribution in [-0.4, -0.2) is 15.9 Å². The fourth-order valence-electron chi connectivity index (χ4n) is 2.92. The van der Waals surface area contributed by atoms with Gasteiger partial charge in [-0.05, 0) is 30.7 Å². The van der Waals surface area contributed by atoms with Gasteiger partial charge in [0.2, 0.25) is 0 Å². The maximum atomic E-state index is 6.02. The molecule has 3 nitrogen and oxygen atoms in total. The number of imidazole rings is 1. The summed E-state index contributed by atoms with van der Waals surface area (Å²) in [4.78, 5) is 5.83. The number of rotatable bonds is 6. The molecule has 2 aromatic carbocycles. The Bertz CT molecular complexity index is 958. The topological polar surface area (TPSA) is 29.3 Å². The minimum absolute atomic E-state index is 0.743. The van der Waals surface area contributed by atoms with Crippen molar-refractivity contribution in [2.75, 3.05) is 6.54 Å². The molecule has 0 amide bonds. The van der Waals surface area contributed by atoms with Crippen molar-refractivity contribution < 1.29 is 0 Å². The van der Waals surface area contributed by atoms with Gasteiger partial charge < -0.3 is 5.32 Å². The van der Waals surface area contributed by atoms with Crippen molar-refractivity contribution in [1.82, 2.24) is 14.7 Å². The van der Waals surface area contributed by atoms with Crippen molar-refractivity contribution in [3.63, 3.8) is 0 Å². The van der Waals surface area contributed by atoms with Crippen LogP contribution in [0.1, 0.15) is 11.3 Å². The quantitative estimate of drug-likeness (QED) is 0.483. The van der Waals surface area contributed by atoms with Crippen molar-refractivity contribution >= 4 is 27.9 Å². The predicted octanol–water partition coefficient (Wildman–Crippen LogP) is 5.05. The molecule has 4 rings (SSSR count). The van der Waals surface area contributed by atoms with Crippen LogP contribution < -0.4 is 5.32 Å². The number of halogens is 1. The lowest BCUT2D eigenvalue weighted by Crippen LogP contribution is -2.18. The maximum Gasteiger partial charge on any atom is 0.194 e. The normalized spacial score (nSPS) is 11.2. The zero-order valence-electron chi connectivity index (χ0n) is 13.7. The zero-order valence-corrected chi connectivity index (χ0v) is 15.2. The van der Waals surface area contributed by atoms with Crippen LogP contribution in [0.15, 0.2) is 66.2 Å². The summed E-state index contributed by atoms with van der Waals surface area (Å²) in [6.07, 6.45) is 3.10. The molecule has 5 heteroatoms. The number of nitrogens with zero attached hydrogens (tertiary/aromatic N) is 2. The highest BCUT2D eigenvalue weighted by molar-refractivity contribution is 7.15. The first-order valence-electron chi connectivity index (χ1n) is 8.26. The fraction of sp³-hybridized carbons (Fsp3) is 0.150. The van der Waals surface area contributed by atoms with Gasteiger partial charge in [-0.25, -0.2) is 4.98 Å². The number of thiazole rings is 1. The summed E-state index contributed by atoms with van der Waals surface area (Å²) in [5, 5.41) is 6.37. The Morgan fingerprint density at radius 3 is 2.64 bits per heavy atom. The average molecular weight is 368 g/mol. The van der Waals surface area contributed by atoms with E-state index < -0.39 is 0 Å². The monoisotopic (exact) mass is 367 g/mol. The zero-order chi connectivity index (χ0) is 17.1. The van der Waals surface area contributed by atoms with E-state index in [4.69, 9.17) is 16.6 Å². The summed E-state index contributed by atoms with van der Waals surface area (Å²) in [6, 6.07) is 18.4. The molecule has 25 heavy (non-hydrogen) atoms. The van der Waals surface area contributed by atoms with Gasteiger partial charge in [-0.2, -0.15) is 0 Å². The number of hydrogen-bond donors (Lipinski definition) is 1. The molecular formula is C20H18ClN3S. The van der Waals surface area contributed by atoms with Crippen molar-refractivity contribution in [3.8, 4) is 11.3 Å². The third-order valence-corrected chi connectivity index (χ3v) is 5.21. The van der Waals surface area contributed by atoms with E-state index in [0.717, 1.165) is 40.8 Å². The molecule has 0 saturated heterocycles. The Kier molecular flexibility index (Phi) is 4.83. The Morgan fingerprint density at radius 2 is 1.84 bits per heavy atom. The minimum Gasteiger partial charge on any atom is -0.311 e. The first kappa shape index (κ1) is 16.3. The van der Waals surface area contributed by atoms with Gasteiger partial charge in [-0.15, -0.1) is 11.3 Å². The van der Waals surface area contributed by atoms with Crippen LogP contribution in [0.3, 0.4) is 0 Å². The van der Waals surface area contributed by atoms with Crippen LogP contribution in [0.2, 0.25) is 5.02 Å². The van der Waals surface area contributed by atoms with Crippen LogP contribution in [0.25, 0.3) is 16.2 Å². The molecule has 4 aromatic rings. The van der Waals surface area contributed by atoms with E-state index in [0.29, 0.717) is 0 Å². The van der Waals surface area contributed by atoms with E-state index >= 15 is 0 Å². The van der Waals surface area contributed by atoms with Gasteiger partial charge in [0.15, 0.2) is 4.96 Å². The number of nitrogens with one attached hydrogen (secondary N) is 1. The summed E-state index contributed by atoms with van der Waals surface area (Å²) >= 11 is 7.68. The summed E-state index contributed by atoms with van der Waals surface area (Å²) in [7, 11) is 0. The van der Waals surface area contributed by atoms with Gasteiger partial charge in [-0.1, -0.05) is 54.1 Å². The Labute approximate surface area is 155 Å². The van der Waals surface area contributed by atoms with E-state index in [-0.39, 0.29) is 0 Å².